The summed E-state index contributed by atoms with van der Waals surface area (Å²) in [4.78, 5) is 4.67. The van der Waals surface area contributed by atoms with Crippen LogP contribution in [0.4, 0.5) is 0 Å². The lowest BCUT2D eigenvalue weighted by atomic mass is 9.90. The molecule has 0 aromatic carbocycles. The summed E-state index contributed by atoms with van der Waals surface area (Å²) in [6.45, 7) is 12.0. The van der Waals surface area contributed by atoms with Gasteiger partial charge in [-0.1, -0.05) is 32.5 Å². The van der Waals surface area contributed by atoms with E-state index in [9.17, 15) is 0 Å². The van der Waals surface area contributed by atoms with Crippen LogP contribution in [0.1, 0.15) is 47.0 Å². The third-order valence-electron chi connectivity index (χ3n) is 3.88. The summed E-state index contributed by atoms with van der Waals surface area (Å²) in [5, 5.41) is 5.44. The van der Waals surface area contributed by atoms with Crippen molar-refractivity contribution in [3.8, 4) is 0 Å². The summed E-state index contributed by atoms with van der Waals surface area (Å²) in [5.74, 6) is 0.735. The fourth-order valence-corrected chi connectivity index (χ4v) is 4.27. The summed E-state index contributed by atoms with van der Waals surface area (Å²) in [6.07, 6.45) is 3.59. The largest absolute Gasteiger partial charge is 0.381 e. The molecule has 1 fully saturated rings. The molecule has 1 N–H and O–H groups in total. The van der Waals surface area contributed by atoms with Crippen LogP contribution < -0.4 is 5.32 Å². The predicted molar refractivity (Wildman–Crippen MR) is 83.9 cm³/mol. The average molecular weight is 284 g/mol. The Kier molecular flexibility index (Phi) is 5.18. The number of nitrogens with zero attached hydrogens (tertiary/aromatic N) is 1. The van der Waals surface area contributed by atoms with E-state index in [1.165, 1.54) is 19.3 Å². The third-order valence-corrected chi connectivity index (χ3v) is 5.00. The molecule has 0 aliphatic carbocycles. The molecule has 110 valence electrons. The molecule has 2 unspecified atom stereocenters. The van der Waals surface area contributed by atoms with Crippen molar-refractivity contribution in [2.24, 2.45) is 16.3 Å². The molecule has 2 rings (SSSR count). The van der Waals surface area contributed by atoms with Crippen molar-refractivity contribution >= 4 is 16.9 Å². The number of hydrogen-bond acceptors (Lipinski definition) is 4. The highest BCUT2D eigenvalue weighted by molar-refractivity contribution is 8.14. The number of ether oxygens (including phenoxy) is 1. The molecule has 0 saturated carbocycles. The van der Waals surface area contributed by atoms with Crippen LogP contribution in [0.5, 0.6) is 0 Å². The zero-order valence-electron chi connectivity index (χ0n) is 12.7. The Morgan fingerprint density at radius 2 is 2.05 bits per heavy atom. The first kappa shape index (κ1) is 15.2. The number of nitrogens with one attached hydrogen (secondary N) is 1. The Balaban J connectivity index is 1.75. The minimum Gasteiger partial charge on any atom is -0.381 e. The van der Waals surface area contributed by atoms with Gasteiger partial charge in [0, 0.05) is 24.5 Å². The van der Waals surface area contributed by atoms with Gasteiger partial charge in [0.05, 0.1) is 6.54 Å². The number of aliphatic imine (C=N–C) groups is 1. The fourth-order valence-electron chi connectivity index (χ4n) is 2.81. The second-order valence-electron chi connectivity index (χ2n) is 7.03. The maximum Gasteiger partial charge on any atom is 0.157 e. The monoisotopic (exact) mass is 284 g/mol. The zero-order valence-corrected chi connectivity index (χ0v) is 13.6. The molecular formula is C15H28N2OS. The van der Waals surface area contributed by atoms with Crippen molar-refractivity contribution in [3.63, 3.8) is 0 Å². The normalized spacial score (nSPS) is 27.2. The molecule has 2 heterocycles. The zero-order chi connectivity index (χ0) is 13.9. The van der Waals surface area contributed by atoms with Crippen LogP contribution in [-0.4, -0.2) is 36.2 Å². The molecule has 0 amide bonds. The lowest BCUT2D eigenvalue weighted by Gasteiger charge is -2.29. The molecule has 2 aliphatic rings. The van der Waals surface area contributed by atoms with Crippen LogP contribution in [0.2, 0.25) is 0 Å². The van der Waals surface area contributed by atoms with Gasteiger partial charge < -0.3 is 10.1 Å². The number of hydrogen-bond donors (Lipinski definition) is 1. The van der Waals surface area contributed by atoms with Gasteiger partial charge in [0.25, 0.3) is 0 Å². The van der Waals surface area contributed by atoms with E-state index < -0.39 is 0 Å². The third kappa shape index (κ3) is 4.99. The minimum atomic E-state index is 0.398. The van der Waals surface area contributed by atoms with Crippen molar-refractivity contribution in [2.45, 2.75) is 58.2 Å². The van der Waals surface area contributed by atoms with E-state index >= 15 is 0 Å². The van der Waals surface area contributed by atoms with E-state index in [-0.39, 0.29) is 0 Å². The van der Waals surface area contributed by atoms with Crippen molar-refractivity contribution < 1.29 is 4.74 Å². The van der Waals surface area contributed by atoms with Gasteiger partial charge >= 0.3 is 0 Å². The smallest absolute Gasteiger partial charge is 0.157 e. The topological polar surface area (TPSA) is 33.6 Å². The summed E-state index contributed by atoms with van der Waals surface area (Å²) < 4.78 is 5.43. The molecule has 0 aromatic heterocycles. The summed E-state index contributed by atoms with van der Waals surface area (Å²) >= 11 is 1.94. The first-order valence-electron chi connectivity index (χ1n) is 7.49. The number of rotatable bonds is 3. The molecular weight excluding hydrogens is 256 g/mol. The van der Waals surface area contributed by atoms with Gasteiger partial charge in [-0.25, -0.2) is 0 Å². The summed E-state index contributed by atoms with van der Waals surface area (Å²) in [6, 6.07) is 0.517. The second kappa shape index (κ2) is 6.49. The Morgan fingerprint density at radius 1 is 1.37 bits per heavy atom. The van der Waals surface area contributed by atoms with E-state index in [0.717, 1.165) is 30.8 Å². The van der Waals surface area contributed by atoms with E-state index in [4.69, 9.17) is 4.74 Å². The fraction of sp³-hybridized carbons (Fsp3) is 0.933. The maximum atomic E-state index is 5.43. The molecule has 3 nitrogen and oxygen atoms in total. The first-order valence-corrected chi connectivity index (χ1v) is 8.37. The van der Waals surface area contributed by atoms with Gasteiger partial charge in [0.1, 0.15) is 0 Å². The minimum absolute atomic E-state index is 0.398. The van der Waals surface area contributed by atoms with Crippen LogP contribution in [0.3, 0.4) is 0 Å². The Labute approximate surface area is 122 Å². The Bertz CT molecular complexity index is 319. The second-order valence-corrected chi connectivity index (χ2v) is 8.32. The van der Waals surface area contributed by atoms with Crippen molar-refractivity contribution in [3.05, 3.63) is 0 Å². The van der Waals surface area contributed by atoms with Crippen LogP contribution in [0, 0.1) is 11.3 Å². The molecule has 0 aromatic rings. The number of thioether (sulfide) groups is 1. The standard InChI is InChI=1S/C15H28N2OS/c1-11(12-5-7-18-8-6-12)17-14-16-10-13(19-14)9-15(2,3)4/h11-13H,5-10H2,1-4H3,(H,16,17). The molecule has 19 heavy (non-hydrogen) atoms. The van der Waals surface area contributed by atoms with Crippen LogP contribution in [0.15, 0.2) is 4.99 Å². The van der Waals surface area contributed by atoms with Gasteiger partial charge in [-0.05, 0) is 37.5 Å². The maximum absolute atomic E-state index is 5.43. The van der Waals surface area contributed by atoms with E-state index in [2.05, 4.69) is 38.0 Å². The SMILES string of the molecule is CC(NC1=NCC(CC(C)(C)C)S1)C1CCOCC1. The highest BCUT2D eigenvalue weighted by atomic mass is 32.2. The van der Waals surface area contributed by atoms with Crippen LogP contribution >= 0.6 is 11.8 Å². The average Bonchev–Trinajstić information content (AvgIpc) is 2.75. The Morgan fingerprint density at radius 3 is 2.68 bits per heavy atom. The molecule has 0 spiro atoms. The van der Waals surface area contributed by atoms with Gasteiger partial charge in [-0.3, -0.25) is 4.99 Å². The molecule has 0 radical (unpaired) electrons. The lowest BCUT2D eigenvalue weighted by Crippen LogP contribution is -2.39. The van der Waals surface area contributed by atoms with Gasteiger partial charge in [-0.15, -0.1) is 0 Å². The van der Waals surface area contributed by atoms with Gasteiger partial charge in [0.15, 0.2) is 5.17 Å². The van der Waals surface area contributed by atoms with Crippen molar-refractivity contribution in [1.29, 1.82) is 0 Å². The molecule has 2 aliphatic heterocycles. The summed E-state index contributed by atoms with van der Waals surface area (Å²) in [5.41, 5.74) is 0.398. The highest BCUT2D eigenvalue weighted by Gasteiger charge is 2.27. The Hall–Kier alpha value is -0.220. The van der Waals surface area contributed by atoms with Crippen LogP contribution in [0.25, 0.3) is 0 Å². The quantitative estimate of drug-likeness (QED) is 0.863. The van der Waals surface area contributed by atoms with E-state index in [1.54, 1.807) is 0 Å². The first-order chi connectivity index (χ1) is 8.94. The van der Waals surface area contributed by atoms with Gasteiger partial charge in [0.2, 0.25) is 0 Å². The van der Waals surface area contributed by atoms with Gasteiger partial charge in [-0.2, -0.15) is 0 Å². The lowest BCUT2D eigenvalue weighted by molar-refractivity contribution is 0.0583. The predicted octanol–water partition coefficient (Wildman–Crippen LogP) is 3.30. The molecule has 1 saturated heterocycles. The van der Waals surface area contributed by atoms with E-state index in [1.807, 2.05) is 11.8 Å². The van der Waals surface area contributed by atoms with Crippen molar-refractivity contribution in [1.82, 2.24) is 5.32 Å². The number of amidine groups is 1. The molecule has 2 atom stereocenters. The molecule has 4 heteroatoms. The van der Waals surface area contributed by atoms with Crippen LogP contribution in [-0.2, 0) is 4.74 Å². The van der Waals surface area contributed by atoms with E-state index in [0.29, 0.717) is 16.7 Å². The molecule has 0 bridgehead atoms. The highest BCUT2D eigenvalue weighted by Crippen LogP contribution is 2.32. The van der Waals surface area contributed by atoms with Crippen molar-refractivity contribution in [2.75, 3.05) is 19.8 Å². The summed E-state index contributed by atoms with van der Waals surface area (Å²) in [7, 11) is 0.